The Kier molecular flexibility index (Phi) is 4.02. The molecule has 1 heterocycles. The molecule has 23 heavy (non-hydrogen) atoms. The van der Waals surface area contributed by atoms with E-state index in [1.165, 1.54) is 12.1 Å². The normalized spacial score (nSPS) is 19.3. The zero-order chi connectivity index (χ0) is 16.4. The van der Waals surface area contributed by atoms with E-state index in [-0.39, 0.29) is 18.1 Å². The SMILES string of the molecule is O=C(CCc1ccc(F)cc1)NN1C(=O)NC2(CCCC2)C1=O. The standard InChI is InChI=1S/C16H18FN3O3/c17-12-6-3-11(4-7-12)5-8-13(21)19-20-14(22)16(18-15(20)23)9-1-2-10-16/h3-4,6-7H,1-2,5,8-10H2,(H,18,23)(H,19,21). The summed E-state index contributed by atoms with van der Waals surface area (Å²) in [7, 11) is 0. The van der Waals surface area contributed by atoms with Crippen molar-refractivity contribution in [1.82, 2.24) is 15.8 Å². The Morgan fingerprint density at radius 3 is 2.52 bits per heavy atom. The van der Waals surface area contributed by atoms with Crippen LogP contribution in [-0.4, -0.2) is 28.4 Å². The highest BCUT2D eigenvalue weighted by Crippen LogP contribution is 2.34. The Bertz CT molecular complexity index is 638. The fraction of sp³-hybridized carbons (Fsp3) is 0.438. The largest absolute Gasteiger partial charge is 0.344 e. The van der Waals surface area contributed by atoms with Crippen LogP contribution in [0, 0.1) is 5.82 Å². The zero-order valence-corrected chi connectivity index (χ0v) is 12.6. The second-order valence-corrected chi connectivity index (χ2v) is 6.02. The Morgan fingerprint density at radius 2 is 1.87 bits per heavy atom. The minimum atomic E-state index is -0.832. The van der Waals surface area contributed by atoms with Gasteiger partial charge in [0.05, 0.1) is 0 Å². The minimum absolute atomic E-state index is 0.107. The molecule has 7 heteroatoms. The van der Waals surface area contributed by atoms with Crippen LogP contribution in [0.3, 0.4) is 0 Å². The molecule has 122 valence electrons. The molecule has 2 fully saturated rings. The molecule has 1 aromatic carbocycles. The first-order chi connectivity index (χ1) is 11.0. The number of carbonyl (C=O) groups is 3. The number of hydrogen-bond acceptors (Lipinski definition) is 3. The summed E-state index contributed by atoms with van der Waals surface area (Å²) in [5.74, 6) is -1.14. The van der Waals surface area contributed by atoms with Crippen LogP contribution in [0.4, 0.5) is 9.18 Å². The Labute approximate surface area is 133 Å². The number of nitrogens with one attached hydrogen (secondary N) is 2. The minimum Gasteiger partial charge on any atom is -0.322 e. The molecule has 6 nitrogen and oxygen atoms in total. The maximum atomic E-state index is 12.8. The molecular formula is C16H18FN3O3. The van der Waals surface area contributed by atoms with Gasteiger partial charge < -0.3 is 5.32 Å². The van der Waals surface area contributed by atoms with Gasteiger partial charge in [-0.05, 0) is 37.0 Å². The average Bonchev–Trinajstić information content (AvgIpc) is 3.08. The van der Waals surface area contributed by atoms with E-state index in [1.54, 1.807) is 12.1 Å². The van der Waals surface area contributed by atoms with Crippen LogP contribution in [0.15, 0.2) is 24.3 Å². The second-order valence-electron chi connectivity index (χ2n) is 6.02. The van der Waals surface area contributed by atoms with Crippen LogP contribution in [0.25, 0.3) is 0 Å². The molecule has 4 amide bonds. The Morgan fingerprint density at radius 1 is 1.22 bits per heavy atom. The maximum absolute atomic E-state index is 12.8. The second kappa shape index (κ2) is 5.98. The number of aryl methyl sites for hydroxylation is 1. The fourth-order valence-corrected chi connectivity index (χ4v) is 3.13. The smallest absolute Gasteiger partial charge is 0.322 e. The van der Waals surface area contributed by atoms with Gasteiger partial charge in [-0.1, -0.05) is 25.0 Å². The maximum Gasteiger partial charge on any atom is 0.344 e. The molecule has 2 aliphatic rings. The Balaban J connectivity index is 1.56. The first-order valence-electron chi connectivity index (χ1n) is 7.71. The lowest BCUT2D eigenvalue weighted by Gasteiger charge is -2.20. The van der Waals surface area contributed by atoms with E-state index in [1.807, 2.05) is 0 Å². The predicted molar refractivity (Wildman–Crippen MR) is 79.4 cm³/mol. The third-order valence-corrected chi connectivity index (χ3v) is 4.41. The van der Waals surface area contributed by atoms with Gasteiger partial charge >= 0.3 is 6.03 Å². The number of benzene rings is 1. The number of nitrogens with zero attached hydrogens (tertiary/aromatic N) is 1. The van der Waals surface area contributed by atoms with Gasteiger partial charge in [-0.3, -0.25) is 15.0 Å². The lowest BCUT2D eigenvalue weighted by atomic mass is 9.98. The molecule has 0 bridgehead atoms. The summed E-state index contributed by atoms with van der Waals surface area (Å²) in [6.45, 7) is 0. The molecule has 3 rings (SSSR count). The average molecular weight is 319 g/mol. The van der Waals surface area contributed by atoms with Crippen molar-refractivity contribution >= 4 is 17.8 Å². The van der Waals surface area contributed by atoms with E-state index in [4.69, 9.17) is 0 Å². The van der Waals surface area contributed by atoms with Gasteiger partial charge in [-0.2, -0.15) is 5.01 Å². The number of urea groups is 1. The quantitative estimate of drug-likeness (QED) is 0.828. The van der Waals surface area contributed by atoms with Gasteiger partial charge in [0.15, 0.2) is 0 Å². The summed E-state index contributed by atoms with van der Waals surface area (Å²) >= 11 is 0. The van der Waals surface area contributed by atoms with Gasteiger partial charge in [0, 0.05) is 6.42 Å². The van der Waals surface area contributed by atoms with E-state index >= 15 is 0 Å². The summed E-state index contributed by atoms with van der Waals surface area (Å²) in [5.41, 5.74) is 2.35. The number of amides is 4. The number of halogens is 1. The third-order valence-electron chi connectivity index (χ3n) is 4.41. The van der Waals surface area contributed by atoms with Gasteiger partial charge in [0.25, 0.3) is 5.91 Å². The van der Waals surface area contributed by atoms with Crippen LogP contribution in [0.1, 0.15) is 37.7 Å². The van der Waals surface area contributed by atoms with Crippen LogP contribution >= 0.6 is 0 Å². The molecule has 0 atom stereocenters. The van der Waals surface area contributed by atoms with Gasteiger partial charge in [0.2, 0.25) is 5.91 Å². The van der Waals surface area contributed by atoms with Crippen molar-refractivity contribution in [2.45, 2.75) is 44.1 Å². The third kappa shape index (κ3) is 3.04. The molecule has 1 saturated heterocycles. The van der Waals surface area contributed by atoms with Crippen LogP contribution in [0.2, 0.25) is 0 Å². The first kappa shape index (κ1) is 15.5. The van der Waals surface area contributed by atoms with Crippen LogP contribution in [-0.2, 0) is 16.0 Å². The highest BCUT2D eigenvalue weighted by molar-refractivity contribution is 6.08. The van der Waals surface area contributed by atoms with Gasteiger partial charge in [0.1, 0.15) is 11.4 Å². The van der Waals surface area contributed by atoms with E-state index in [9.17, 15) is 18.8 Å². The summed E-state index contributed by atoms with van der Waals surface area (Å²) in [4.78, 5) is 36.3. The van der Waals surface area contributed by atoms with Crippen molar-refractivity contribution in [2.75, 3.05) is 0 Å². The Hall–Kier alpha value is -2.44. The molecule has 0 unspecified atom stereocenters. The lowest BCUT2D eigenvalue weighted by Crippen LogP contribution is -2.48. The molecule has 1 spiro atoms. The molecule has 0 radical (unpaired) electrons. The molecule has 0 aromatic heterocycles. The topological polar surface area (TPSA) is 78.5 Å². The number of hydrogen-bond donors (Lipinski definition) is 2. The van der Waals surface area contributed by atoms with Gasteiger partial charge in [-0.15, -0.1) is 0 Å². The van der Waals surface area contributed by atoms with E-state index < -0.39 is 17.5 Å². The molecular weight excluding hydrogens is 301 g/mol. The molecule has 1 saturated carbocycles. The summed E-state index contributed by atoms with van der Waals surface area (Å²) in [6, 6.07) is 5.28. The summed E-state index contributed by atoms with van der Waals surface area (Å²) in [5, 5.41) is 3.49. The van der Waals surface area contributed by atoms with Crippen molar-refractivity contribution in [3.63, 3.8) is 0 Å². The summed E-state index contributed by atoms with van der Waals surface area (Å²) in [6.07, 6.45) is 3.51. The fourth-order valence-electron chi connectivity index (χ4n) is 3.13. The van der Waals surface area contributed by atoms with Crippen molar-refractivity contribution in [3.8, 4) is 0 Å². The van der Waals surface area contributed by atoms with Gasteiger partial charge in [-0.25, -0.2) is 9.18 Å². The summed E-state index contributed by atoms with van der Waals surface area (Å²) < 4.78 is 12.8. The zero-order valence-electron chi connectivity index (χ0n) is 12.6. The first-order valence-corrected chi connectivity index (χ1v) is 7.71. The monoisotopic (exact) mass is 319 g/mol. The van der Waals surface area contributed by atoms with Crippen molar-refractivity contribution in [3.05, 3.63) is 35.6 Å². The predicted octanol–water partition coefficient (Wildman–Crippen LogP) is 1.65. The molecule has 2 N–H and O–H groups in total. The number of imide groups is 1. The molecule has 1 aliphatic heterocycles. The van der Waals surface area contributed by atoms with Crippen molar-refractivity contribution in [1.29, 1.82) is 0 Å². The number of carbonyl (C=O) groups excluding carboxylic acids is 3. The molecule has 1 aliphatic carbocycles. The highest BCUT2D eigenvalue weighted by atomic mass is 19.1. The van der Waals surface area contributed by atoms with Crippen LogP contribution in [0.5, 0.6) is 0 Å². The number of rotatable bonds is 4. The van der Waals surface area contributed by atoms with E-state index in [0.29, 0.717) is 19.3 Å². The highest BCUT2D eigenvalue weighted by Gasteiger charge is 2.53. The number of hydrazine groups is 1. The van der Waals surface area contributed by atoms with Crippen molar-refractivity contribution in [2.24, 2.45) is 0 Å². The van der Waals surface area contributed by atoms with Crippen molar-refractivity contribution < 1.29 is 18.8 Å². The van der Waals surface area contributed by atoms with Crippen LogP contribution < -0.4 is 10.7 Å². The lowest BCUT2D eigenvalue weighted by molar-refractivity contribution is -0.139. The van der Waals surface area contributed by atoms with E-state index in [2.05, 4.69) is 10.7 Å². The molecule has 1 aromatic rings. The van der Waals surface area contributed by atoms with E-state index in [0.717, 1.165) is 23.4 Å².